The van der Waals surface area contributed by atoms with Crippen molar-refractivity contribution in [3.63, 3.8) is 0 Å². The standard InChI is InChI=1S/C11H11F2N/c1-11(2,14)6-5-8-3-4-9(12)7-10(8)13/h3-4,7H,14H2,1-2H3. The van der Waals surface area contributed by atoms with Crippen LogP contribution in [0.1, 0.15) is 19.4 Å². The Hall–Kier alpha value is -1.40. The van der Waals surface area contributed by atoms with Crippen LogP contribution in [-0.4, -0.2) is 5.54 Å². The summed E-state index contributed by atoms with van der Waals surface area (Å²) < 4.78 is 25.6. The molecule has 1 rings (SSSR count). The maximum atomic E-state index is 13.0. The lowest BCUT2D eigenvalue weighted by atomic mass is 10.1. The van der Waals surface area contributed by atoms with Crippen LogP contribution >= 0.6 is 0 Å². The van der Waals surface area contributed by atoms with Crippen molar-refractivity contribution in [3.05, 3.63) is 35.4 Å². The molecule has 0 radical (unpaired) electrons. The van der Waals surface area contributed by atoms with Crippen molar-refractivity contribution in [2.24, 2.45) is 5.73 Å². The molecule has 0 aromatic heterocycles. The SMILES string of the molecule is CC(C)(N)C#Cc1ccc(F)cc1F. The van der Waals surface area contributed by atoms with Gasteiger partial charge >= 0.3 is 0 Å². The Morgan fingerprint density at radius 1 is 1.29 bits per heavy atom. The molecular weight excluding hydrogens is 184 g/mol. The first-order valence-electron chi connectivity index (χ1n) is 4.15. The first-order valence-corrected chi connectivity index (χ1v) is 4.15. The molecule has 14 heavy (non-hydrogen) atoms. The predicted molar refractivity (Wildman–Crippen MR) is 51.5 cm³/mol. The van der Waals surface area contributed by atoms with Crippen LogP contribution in [0.5, 0.6) is 0 Å². The molecule has 0 spiro atoms. The highest BCUT2D eigenvalue weighted by atomic mass is 19.1. The van der Waals surface area contributed by atoms with E-state index in [9.17, 15) is 8.78 Å². The second-order valence-corrected chi connectivity index (χ2v) is 3.60. The third-order valence-electron chi connectivity index (χ3n) is 1.45. The number of benzene rings is 1. The van der Waals surface area contributed by atoms with Crippen LogP contribution < -0.4 is 5.73 Å². The number of hydrogen-bond donors (Lipinski definition) is 1. The van der Waals surface area contributed by atoms with Crippen molar-refractivity contribution in [2.45, 2.75) is 19.4 Å². The molecule has 1 aromatic rings. The maximum absolute atomic E-state index is 13.0. The van der Waals surface area contributed by atoms with Crippen molar-refractivity contribution in [1.29, 1.82) is 0 Å². The summed E-state index contributed by atoms with van der Waals surface area (Å²) in [5.74, 6) is 3.95. The first-order chi connectivity index (χ1) is 6.38. The molecule has 0 atom stereocenters. The van der Waals surface area contributed by atoms with E-state index in [4.69, 9.17) is 5.73 Å². The number of hydrogen-bond acceptors (Lipinski definition) is 1. The molecule has 0 heterocycles. The van der Waals surface area contributed by atoms with Crippen LogP contribution in [-0.2, 0) is 0 Å². The minimum atomic E-state index is -0.680. The van der Waals surface area contributed by atoms with Crippen LogP contribution in [0.25, 0.3) is 0 Å². The number of halogens is 2. The average molecular weight is 195 g/mol. The Kier molecular flexibility index (Phi) is 2.87. The van der Waals surface area contributed by atoms with E-state index >= 15 is 0 Å². The van der Waals surface area contributed by atoms with Gasteiger partial charge in [-0.3, -0.25) is 0 Å². The lowest BCUT2D eigenvalue weighted by Crippen LogP contribution is -2.29. The zero-order chi connectivity index (χ0) is 10.8. The molecule has 0 unspecified atom stereocenters. The smallest absolute Gasteiger partial charge is 0.141 e. The summed E-state index contributed by atoms with van der Waals surface area (Å²) >= 11 is 0. The molecule has 0 aliphatic heterocycles. The minimum absolute atomic E-state index is 0.157. The molecule has 1 aromatic carbocycles. The minimum Gasteiger partial charge on any atom is -0.316 e. The summed E-state index contributed by atoms with van der Waals surface area (Å²) in [5, 5.41) is 0. The highest BCUT2D eigenvalue weighted by molar-refractivity contribution is 5.37. The normalized spacial score (nSPS) is 10.6. The molecule has 3 heteroatoms. The molecule has 1 nitrogen and oxygen atoms in total. The summed E-state index contributed by atoms with van der Waals surface area (Å²) in [5.41, 5.74) is 5.07. The zero-order valence-corrected chi connectivity index (χ0v) is 8.07. The van der Waals surface area contributed by atoms with E-state index in [0.29, 0.717) is 0 Å². The van der Waals surface area contributed by atoms with Gasteiger partial charge in [-0.2, -0.15) is 0 Å². The second kappa shape index (κ2) is 3.77. The third-order valence-corrected chi connectivity index (χ3v) is 1.45. The molecule has 74 valence electrons. The van der Waals surface area contributed by atoms with E-state index in [0.717, 1.165) is 12.1 Å². The van der Waals surface area contributed by atoms with E-state index in [1.807, 2.05) is 0 Å². The number of nitrogens with two attached hydrogens (primary N) is 1. The molecule has 0 saturated carbocycles. The lowest BCUT2D eigenvalue weighted by molar-refractivity contribution is 0.581. The fraction of sp³-hybridized carbons (Fsp3) is 0.273. The average Bonchev–Trinajstić information content (AvgIpc) is 2.00. The largest absolute Gasteiger partial charge is 0.316 e. The van der Waals surface area contributed by atoms with E-state index in [2.05, 4.69) is 11.8 Å². The zero-order valence-electron chi connectivity index (χ0n) is 8.07. The van der Waals surface area contributed by atoms with E-state index in [-0.39, 0.29) is 5.56 Å². The van der Waals surface area contributed by atoms with Gasteiger partial charge in [0.05, 0.1) is 11.1 Å². The molecule has 0 aliphatic carbocycles. The molecular formula is C11H11F2N. The first kappa shape index (κ1) is 10.7. The molecule has 0 saturated heterocycles. The van der Waals surface area contributed by atoms with E-state index < -0.39 is 17.2 Å². The topological polar surface area (TPSA) is 26.0 Å². The fourth-order valence-corrected chi connectivity index (χ4v) is 0.819. The summed E-state index contributed by atoms with van der Waals surface area (Å²) in [6.07, 6.45) is 0. The van der Waals surface area contributed by atoms with Gasteiger partial charge in [0.15, 0.2) is 0 Å². The quantitative estimate of drug-likeness (QED) is 0.630. The van der Waals surface area contributed by atoms with Gasteiger partial charge in [0, 0.05) is 6.07 Å². The van der Waals surface area contributed by atoms with Crippen LogP contribution in [0.15, 0.2) is 18.2 Å². The van der Waals surface area contributed by atoms with Gasteiger partial charge in [0.1, 0.15) is 11.6 Å². The van der Waals surface area contributed by atoms with Crippen molar-refractivity contribution < 1.29 is 8.78 Å². The van der Waals surface area contributed by atoms with Crippen molar-refractivity contribution in [1.82, 2.24) is 0 Å². The Balaban J connectivity index is 3.02. The second-order valence-electron chi connectivity index (χ2n) is 3.60. The molecule has 0 amide bonds. The van der Waals surface area contributed by atoms with Gasteiger partial charge in [0.25, 0.3) is 0 Å². The third kappa shape index (κ3) is 3.15. The van der Waals surface area contributed by atoms with Crippen LogP contribution in [0.2, 0.25) is 0 Å². The summed E-state index contributed by atoms with van der Waals surface area (Å²) in [4.78, 5) is 0. The maximum Gasteiger partial charge on any atom is 0.141 e. The highest BCUT2D eigenvalue weighted by Crippen LogP contribution is 2.08. The van der Waals surface area contributed by atoms with Crippen molar-refractivity contribution in [2.75, 3.05) is 0 Å². The van der Waals surface area contributed by atoms with Crippen LogP contribution in [0.3, 0.4) is 0 Å². The van der Waals surface area contributed by atoms with Gasteiger partial charge in [-0.1, -0.05) is 11.8 Å². The van der Waals surface area contributed by atoms with Gasteiger partial charge < -0.3 is 5.73 Å². The number of rotatable bonds is 0. The highest BCUT2D eigenvalue weighted by Gasteiger charge is 2.05. The predicted octanol–water partition coefficient (Wildman–Crippen LogP) is 2.05. The lowest BCUT2D eigenvalue weighted by Gasteiger charge is -2.07. The molecule has 0 fully saturated rings. The van der Waals surface area contributed by atoms with Crippen LogP contribution in [0.4, 0.5) is 8.78 Å². The summed E-state index contributed by atoms with van der Waals surface area (Å²) in [7, 11) is 0. The molecule has 2 N–H and O–H groups in total. The van der Waals surface area contributed by atoms with Gasteiger partial charge in [-0.25, -0.2) is 8.78 Å². The fourth-order valence-electron chi connectivity index (χ4n) is 0.819. The van der Waals surface area contributed by atoms with Gasteiger partial charge in [-0.05, 0) is 26.0 Å². The Bertz CT molecular complexity index is 394. The van der Waals surface area contributed by atoms with E-state index in [1.54, 1.807) is 13.8 Å². The monoisotopic (exact) mass is 195 g/mol. The van der Waals surface area contributed by atoms with Crippen molar-refractivity contribution >= 4 is 0 Å². The summed E-state index contributed by atoms with van der Waals surface area (Å²) in [6.45, 7) is 3.42. The van der Waals surface area contributed by atoms with Crippen molar-refractivity contribution in [3.8, 4) is 11.8 Å². The Morgan fingerprint density at radius 3 is 2.43 bits per heavy atom. The van der Waals surface area contributed by atoms with Crippen LogP contribution in [0, 0.1) is 23.5 Å². The Labute approximate surface area is 81.9 Å². The molecule has 0 aliphatic rings. The Morgan fingerprint density at radius 2 is 1.93 bits per heavy atom. The molecule has 0 bridgehead atoms. The van der Waals surface area contributed by atoms with E-state index in [1.165, 1.54) is 6.07 Å². The van der Waals surface area contributed by atoms with Gasteiger partial charge in [-0.15, -0.1) is 0 Å². The van der Waals surface area contributed by atoms with Gasteiger partial charge in [0.2, 0.25) is 0 Å². The summed E-state index contributed by atoms with van der Waals surface area (Å²) in [6, 6.07) is 3.26.